The number of halogens is 1. The second-order valence-electron chi connectivity index (χ2n) is 7.87. The Bertz CT molecular complexity index is 860. The number of methoxy groups -OCH3 is 1. The fourth-order valence-corrected chi connectivity index (χ4v) is 3.47. The van der Waals surface area contributed by atoms with Gasteiger partial charge >= 0.3 is 0 Å². The Labute approximate surface area is 165 Å². The second-order valence-corrected chi connectivity index (χ2v) is 8.21. The lowest BCUT2D eigenvalue weighted by Gasteiger charge is -2.37. The number of nitrogens with zero attached hydrogens (tertiary/aromatic N) is 4. The van der Waals surface area contributed by atoms with Crippen LogP contribution in [0, 0.1) is 0 Å². The SMILES string of the molecule is COc1ccc(N(c2nc(Cl)nc3c2CN(C(C)C)C3=O)C(C)(C)C)cc1. The standard InChI is InChI=1S/C20H25ClN4O2/c1-12(2)24-11-15-16(18(24)26)22-19(21)23-17(15)25(20(3,4)5)13-7-9-14(27-6)10-8-13/h7-10,12H,11H2,1-6H3. The topological polar surface area (TPSA) is 58.6 Å². The van der Waals surface area contributed by atoms with Crippen LogP contribution in [0.5, 0.6) is 5.75 Å². The van der Waals surface area contributed by atoms with Crippen molar-refractivity contribution in [1.82, 2.24) is 14.9 Å². The summed E-state index contributed by atoms with van der Waals surface area (Å²) in [5, 5.41) is 0.0745. The van der Waals surface area contributed by atoms with E-state index in [0.717, 1.165) is 17.0 Å². The minimum atomic E-state index is -0.297. The lowest BCUT2D eigenvalue weighted by Crippen LogP contribution is -2.39. The number of fused-ring (bicyclic) bond motifs is 1. The monoisotopic (exact) mass is 388 g/mol. The predicted molar refractivity (Wildman–Crippen MR) is 107 cm³/mol. The summed E-state index contributed by atoms with van der Waals surface area (Å²) in [6.07, 6.45) is 0. The van der Waals surface area contributed by atoms with Gasteiger partial charge in [-0.25, -0.2) is 4.98 Å². The van der Waals surface area contributed by atoms with E-state index in [1.54, 1.807) is 12.0 Å². The van der Waals surface area contributed by atoms with E-state index >= 15 is 0 Å². The van der Waals surface area contributed by atoms with Gasteiger partial charge in [-0.3, -0.25) is 4.79 Å². The van der Waals surface area contributed by atoms with Crippen LogP contribution >= 0.6 is 11.6 Å². The minimum absolute atomic E-state index is 0.0717. The quantitative estimate of drug-likeness (QED) is 0.724. The van der Waals surface area contributed by atoms with Gasteiger partial charge in [-0.05, 0) is 70.5 Å². The molecule has 0 N–H and O–H groups in total. The van der Waals surface area contributed by atoms with Gasteiger partial charge in [-0.1, -0.05) is 0 Å². The molecule has 1 aromatic carbocycles. The zero-order chi connectivity index (χ0) is 19.9. The van der Waals surface area contributed by atoms with Gasteiger partial charge in [0.15, 0.2) is 0 Å². The van der Waals surface area contributed by atoms with E-state index in [2.05, 4.69) is 35.6 Å². The van der Waals surface area contributed by atoms with E-state index in [-0.39, 0.29) is 22.8 Å². The summed E-state index contributed by atoms with van der Waals surface area (Å²) in [7, 11) is 1.64. The van der Waals surface area contributed by atoms with Crippen LogP contribution in [0.4, 0.5) is 11.5 Å². The van der Waals surface area contributed by atoms with Crippen LogP contribution in [-0.2, 0) is 6.54 Å². The van der Waals surface area contributed by atoms with Crippen LogP contribution < -0.4 is 9.64 Å². The number of rotatable bonds is 4. The van der Waals surface area contributed by atoms with Crippen molar-refractivity contribution in [2.24, 2.45) is 0 Å². The molecule has 27 heavy (non-hydrogen) atoms. The molecule has 0 bridgehead atoms. The number of hydrogen-bond donors (Lipinski definition) is 0. The first-order chi connectivity index (χ1) is 12.6. The molecule has 0 unspecified atom stereocenters. The smallest absolute Gasteiger partial charge is 0.273 e. The third kappa shape index (κ3) is 3.58. The lowest BCUT2D eigenvalue weighted by molar-refractivity contribution is 0.0726. The van der Waals surface area contributed by atoms with Gasteiger partial charge in [0.1, 0.15) is 17.3 Å². The Balaban J connectivity index is 2.17. The first-order valence-corrected chi connectivity index (χ1v) is 9.33. The van der Waals surface area contributed by atoms with Crippen molar-refractivity contribution >= 4 is 29.0 Å². The maximum absolute atomic E-state index is 12.8. The Morgan fingerprint density at radius 1 is 1.19 bits per heavy atom. The normalized spacial score (nSPS) is 13.9. The van der Waals surface area contributed by atoms with Crippen molar-refractivity contribution in [3.8, 4) is 5.75 Å². The van der Waals surface area contributed by atoms with Gasteiger partial charge in [-0.2, -0.15) is 4.98 Å². The van der Waals surface area contributed by atoms with Crippen LogP contribution in [0.15, 0.2) is 24.3 Å². The number of ether oxygens (including phenoxy) is 1. The molecule has 0 atom stereocenters. The number of carbonyl (C=O) groups excluding carboxylic acids is 1. The molecule has 2 heterocycles. The van der Waals surface area contributed by atoms with Crippen LogP contribution in [0.25, 0.3) is 0 Å². The number of benzene rings is 1. The minimum Gasteiger partial charge on any atom is -0.497 e. The number of amides is 1. The fourth-order valence-electron chi connectivity index (χ4n) is 3.31. The molecule has 7 heteroatoms. The Hall–Kier alpha value is -2.34. The Kier molecular flexibility index (Phi) is 5.04. The van der Waals surface area contributed by atoms with Crippen molar-refractivity contribution in [3.63, 3.8) is 0 Å². The van der Waals surface area contributed by atoms with Crippen molar-refractivity contribution in [1.29, 1.82) is 0 Å². The van der Waals surface area contributed by atoms with Gasteiger partial charge < -0.3 is 14.5 Å². The molecule has 144 valence electrons. The summed E-state index contributed by atoms with van der Waals surface area (Å²) in [6, 6.07) is 7.83. The summed E-state index contributed by atoms with van der Waals surface area (Å²) in [4.78, 5) is 25.4. The molecule has 1 aliphatic heterocycles. The molecule has 1 amide bonds. The molecule has 0 saturated heterocycles. The van der Waals surface area contributed by atoms with Crippen molar-refractivity contribution in [3.05, 3.63) is 40.8 Å². The first kappa shape index (κ1) is 19.4. The van der Waals surface area contributed by atoms with E-state index in [0.29, 0.717) is 18.1 Å². The van der Waals surface area contributed by atoms with Crippen molar-refractivity contribution in [2.75, 3.05) is 12.0 Å². The fraction of sp³-hybridized carbons (Fsp3) is 0.450. The van der Waals surface area contributed by atoms with Gasteiger partial charge in [0.05, 0.1) is 13.7 Å². The average Bonchev–Trinajstić information content (AvgIpc) is 2.92. The molecule has 0 saturated carbocycles. The van der Waals surface area contributed by atoms with Crippen LogP contribution in [-0.4, -0.2) is 39.5 Å². The highest BCUT2D eigenvalue weighted by Gasteiger charge is 2.37. The van der Waals surface area contributed by atoms with E-state index < -0.39 is 0 Å². The number of carbonyl (C=O) groups is 1. The largest absolute Gasteiger partial charge is 0.497 e. The summed E-state index contributed by atoms with van der Waals surface area (Å²) in [5.74, 6) is 1.34. The molecule has 3 rings (SSSR count). The maximum atomic E-state index is 12.8. The molecule has 1 aliphatic rings. The molecule has 0 radical (unpaired) electrons. The predicted octanol–water partition coefficient (Wildman–Crippen LogP) is 4.44. The number of hydrogen-bond acceptors (Lipinski definition) is 5. The maximum Gasteiger partial charge on any atom is 0.273 e. The third-order valence-corrected chi connectivity index (χ3v) is 4.76. The zero-order valence-electron chi connectivity index (χ0n) is 16.6. The molecule has 2 aromatic rings. The molecular weight excluding hydrogens is 364 g/mol. The molecule has 1 aromatic heterocycles. The summed E-state index contributed by atoms with van der Waals surface area (Å²) in [5.41, 5.74) is 1.84. The molecule has 0 fully saturated rings. The highest BCUT2D eigenvalue weighted by molar-refractivity contribution is 6.28. The van der Waals surface area contributed by atoms with Gasteiger partial charge in [0, 0.05) is 22.8 Å². The molecule has 0 aliphatic carbocycles. The summed E-state index contributed by atoms with van der Waals surface area (Å²) >= 11 is 6.21. The molecule has 0 spiro atoms. The third-order valence-electron chi connectivity index (χ3n) is 4.59. The lowest BCUT2D eigenvalue weighted by atomic mass is 10.0. The Morgan fingerprint density at radius 3 is 2.33 bits per heavy atom. The van der Waals surface area contributed by atoms with Gasteiger partial charge in [0.25, 0.3) is 5.91 Å². The van der Waals surface area contributed by atoms with E-state index in [1.807, 2.05) is 38.1 Å². The van der Waals surface area contributed by atoms with E-state index in [1.165, 1.54) is 0 Å². The summed E-state index contributed by atoms with van der Waals surface area (Å²) in [6.45, 7) is 10.7. The second kappa shape index (κ2) is 7.00. The van der Waals surface area contributed by atoms with Crippen LogP contribution in [0.2, 0.25) is 5.28 Å². The van der Waals surface area contributed by atoms with Gasteiger partial charge in [-0.15, -0.1) is 0 Å². The highest BCUT2D eigenvalue weighted by atomic mass is 35.5. The van der Waals surface area contributed by atoms with Crippen LogP contribution in [0.1, 0.15) is 50.7 Å². The Morgan fingerprint density at radius 2 is 1.81 bits per heavy atom. The van der Waals surface area contributed by atoms with Crippen molar-refractivity contribution < 1.29 is 9.53 Å². The highest BCUT2D eigenvalue weighted by Crippen LogP contribution is 2.39. The zero-order valence-corrected chi connectivity index (χ0v) is 17.3. The summed E-state index contributed by atoms with van der Waals surface area (Å²) < 4.78 is 5.27. The first-order valence-electron chi connectivity index (χ1n) is 8.95. The van der Waals surface area contributed by atoms with E-state index in [9.17, 15) is 4.79 Å². The number of anilines is 2. The average molecular weight is 389 g/mol. The van der Waals surface area contributed by atoms with Crippen LogP contribution in [0.3, 0.4) is 0 Å². The van der Waals surface area contributed by atoms with E-state index in [4.69, 9.17) is 16.3 Å². The van der Waals surface area contributed by atoms with Crippen molar-refractivity contribution in [2.45, 2.75) is 52.7 Å². The number of aromatic nitrogens is 2. The molecule has 6 nitrogen and oxygen atoms in total. The van der Waals surface area contributed by atoms with Gasteiger partial charge in [0.2, 0.25) is 5.28 Å². The molecular formula is C20H25ClN4O2.